The van der Waals surface area contributed by atoms with Gasteiger partial charge in [0, 0.05) is 39.1 Å². The summed E-state index contributed by atoms with van der Waals surface area (Å²) >= 11 is 1.49. The van der Waals surface area contributed by atoms with Crippen molar-refractivity contribution in [1.29, 1.82) is 0 Å². The molecule has 162 valence electrons. The summed E-state index contributed by atoms with van der Waals surface area (Å²) in [6.07, 6.45) is 13.2. The van der Waals surface area contributed by atoms with Crippen molar-refractivity contribution in [2.45, 2.75) is 52.0 Å². The molecule has 7 heteroatoms. The van der Waals surface area contributed by atoms with Gasteiger partial charge in [-0.25, -0.2) is 9.97 Å². The first-order valence-corrected chi connectivity index (χ1v) is 12.0. The first kappa shape index (κ1) is 20.4. The molecule has 0 unspecified atom stereocenters. The Hall–Kier alpha value is -2.54. The van der Waals surface area contributed by atoms with Crippen molar-refractivity contribution in [3.8, 4) is 0 Å². The summed E-state index contributed by atoms with van der Waals surface area (Å²) in [5.41, 5.74) is 2.54. The van der Waals surface area contributed by atoms with E-state index in [0.29, 0.717) is 12.0 Å². The molecule has 4 heterocycles. The van der Waals surface area contributed by atoms with Crippen LogP contribution in [0.3, 0.4) is 0 Å². The molecule has 1 aliphatic heterocycles. The van der Waals surface area contributed by atoms with Gasteiger partial charge >= 0.3 is 0 Å². The summed E-state index contributed by atoms with van der Waals surface area (Å²) in [5, 5.41) is 1.06. The van der Waals surface area contributed by atoms with Crippen molar-refractivity contribution in [1.82, 2.24) is 19.9 Å². The summed E-state index contributed by atoms with van der Waals surface area (Å²) in [6, 6.07) is 3.89. The number of aromatic nitrogens is 3. The molecule has 0 aromatic carbocycles. The van der Waals surface area contributed by atoms with Crippen molar-refractivity contribution in [2.24, 2.45) is 5.41 Å². The molecule has 2 aliphatic rings. The fourth-order valence-electron chi connectivity index (χ4n) is 5.33. The maximum atomic E-state index is 13.3. The topological polar surface area (TPSA) is 62.2 Å². The average molecular weight is 436 g/mol. The van der Waals surface area contributed by atoms with E-state index < -0.39 is 0 Å². The Morgan fingerprint density at radius 3 is 2.71 bits per heavy atom. The van der Waals surface area contributed by atoms with E-state index in [1.807, 2.05) is 26.1 Å². The highest BCUT2D eigenvalue weighted by molar-refractivity contribution is 7.20. The minimum atomic E-state index is 0.0356. The summed E-state index contributed by atoms with van der Waals surface area (Å²) < 4.78 is 0. The Labute approximate surface area is 187 Å². The molecule has 2 fully saturated rings. The number of anilines is 1. The van der Waals surface area contributed by atoms with Gasteiger partial charge in [-0.15, -0.1) is 11.3 Å². The van der Waals surface area contributed by atoms with E-state index in [2.05, 4.69) is 14.9 Å². The number of hydrogen-bond acceptors (Lipinski definition) is 6. The van der Waals surface area contributed by atoms with Crippen LogP contribution in [0.2, 0.25) is 0 Å². The highest BCUT2D eigenvalue weighted by atomic mass is 32.1. The Bertz CT molecular complexity index is 1090. The van der Waals surface area contributed by atoms with Gasteiger partial charge in [0.2, 0.25) is 0 Å². The van der Waals surface area contributed by atoms with Crippen LogP contribution in [0.1, 0.15) is 59.3 Å². The molecule has 0 atom stereocenters. The van der Waals surface area contributed by atoms with E-state index in [-0.39, 0.29) is 5.91 Å². The van der Waals surface area contributed by atoms with Crippen molar-refractivity contribution in [3.05, 3.63) is 46.9 Å². The van der Waals surface area contributed by atoms with Gasteiger partial charge in [-0.2, -0.15) is 0 Å². The minimum Gasteiger partial charge on any atom is -0.355 e. The lowest BCUT2D eigenvalue weighted by Crippen LogP contribution is -2.29. The standard InChI is InChI=1S/C24H29N5OS/c1-17-19-21(29-13-10-24(15-29)8-4-3-5-9-24)26-16-27-22(19)31-20(17)23(30)28(2)14-18-6-11-25-12-7-18/h6-7,11-12,16H,3-5,8-10,13-15H2,1-2H3. The van der Waals surface area contributed by atoms with E-state index in [1.165, 1.54) is 49.9 Å². The fraction of sp³-hybridized carbons (Fsp3) is 0.500. The predicted octanol–water partition coefficient (Wildman–Crippen LogP) is 4.83. The highest BCUT2D eigenvalue weighted by Crippen LogP contribution is 2.46. The molecule has 1 saturated heterocycles. The zero-order valence-corrected chi connectivity index (χ0v) is 19.1. The number of amides is 1. The van der Waals surface area contributed by atoms with E-state index in [0.717, 1.165) is 45.1 Å². The van der Waals surface area contributed by atoms with E-state index in [4.69, 9.17) is 4.98 Å². The number of aryl methyl sites for hydroxylation is 1. The molecular weight excluding hydrogens is 406 g/mol. The van der Waals surface area contributed by atoms with Crippen molar-refractivity contribution in [2.75, 3.05) is 25.0 Å². The van der Waals surface area contributed by atoms with Crippen LogP contribution >= 0.6 is 11.3 Å². The van der Waals surface area contributed by atoms with Crippen molar-refractivity contribution >= 4 is 33.3 Å². The van der Waals surface area contributed by atoms with Crippen LogP contribution in [-0.2, 0) is 6.54 Å². The highest BCUT2D eigenvalue weighted by Gasteiger charge is 2.40. The number of thiophene rings is 1. The minimum absolute atomic E-state index is 0.0356. The van der Waals surface area contributed by atoms with Gasteiger partial charge in [0.15, 0.2) is 0 Å². The molecule has 0 N–H and O–H groups in total. The van der Waals surface area contributed by atoms with Crippen LogP contribution in [0, 0.1) is 12.3 Å². The Balaban J connectivity index is 1.43. The van der Waals surface area contributed by atoms with Gasteiger partial charge in [0.05, 0.1) is 10.3 Å². The Kier molecular flexibility index (Phi) is 5.38. The molecule has 6 nitrogen and oxygen atoms in total. The third kappa shape index (κ3) is 3.80. The first-order valence-electron chi connectivity index (χ1n) is 11.2. The number of pyridine rings is 1. The summed E-state index contributed by atoms with van der Waals surface area (Å²) in [4.78, 5) is 32.5. The van der Waals surface area contributed by atoms with E-state index in [1.54, 1.807) is 23.6 Å². The number of hydrogen-bond donors (Lipinski definition) is 0. The van der Waals surface area contributed by atoms with Crippen LogP contribution < -0.4 is 4.90 Å². The van der Waals surface area contributed by atoms with Gasteiger partial charge in [0.25, 0.3) is 5.91 Å². The molecule has 5 rings (SSSR count). The number of fused-ring (bicyclic) bond motifs is 1. The van der Waals surface area contributed by atoms with Crippen LogP contribution in [0.5, 0.6) is 0 Å². The molecule has 0 bridgehead atoms. The third-order valence-corrected chi connectivity index (χ3v) is 8.26. The van der Waals surface area contributed by atoms with Crippen LogP contribution in [0.15, 0.2) is 30.9 Å². The van der Waals surface area contributed by atoms with Crippen molar-refractivity contribution < 1.29 is 4.79 Å². The molecule has 1 aliphatic carbocycles. The molecule has 3 aromatic rings. The molecule has 31 heavy (non-hydrogen) atoms. The quantitative estimate of drug-likeness (QED) is 0.587. The largest absolute Gasteiger partial charge is 0.355 e. The number of rotatable bonds is 4. The van der Waals surface area contributed by atoms with Crippen LogP contribution in [-0.4, -0.2) is 45.9 Å². The maximum absolute atomic E-state index is 13.3. The molecule has 1 saturated carbocycles. The second kappa shape index (κ2) is 8.19. The predicted molar refractivity (Wildman–Crippen MR) is 125 cm³/mol. The normalized spacial score (nSPS) is 18.1. The summed E-state index contributed by atoms with van der Waals surface area (Å²) in [7, 11) is 1.85. The molecular formula is C24H29N5OS. The molecule has 1 amide bonds. The first-order chi connectivity index (χ1) is 15.1. The van der Waals surface area contributed by atoms with Gasteiger partial charge in [0.1, 0.15) is 17.0 Å². The molecule has 1 spiro atoms. The zero-order chi connectivity index (χ0) is 21.4. The Morgan fingerprint density at radius 2 is 1.94 bits per heavy atom. The smallest absolute Gasteiger partial charge is 0.264 e. The second-order valence-electron chi connectivity index (χ2n) is 9.18. The fourth-order valence-corrected chi connectivity index (χ4v) is 6.47. The van der Waals surface area contributed by atoms with Crippen LogP contribution in [0.4, 0.5) is 5.82 Å². The SMILES string of the molecule is Cc1c(C(=O)N(C)Cc2ccncc2)sc2ncnc(N3CCC4(CCCCC4)C3)c12. The van der Waals surface area contributed by atoms with E-state index >= 15 is 0 Å². The Morgan fingerprint density at radius 1 is 1.16 bits per heavy atom. The van der Waals surface area contributed by atoms with Crippen LogP contribution in [0.25, 0.3) is 10.2 Å². The average Bonchev–Trinajstić information content (AvgIpc) is 3.35. The lowest BCUT2D eigenvalue weighted by atomic mass is 9.73. The monoisotopic (exact) mass is 435 g/mol. The lowest BCUT2D eigenvalue weighted by molar-refractivity contribution is 0.0789. The number of carbonyl (C=O) groups is 1. The summed E-state index contributed by atoms with van der Waals surface area (Å²) in [6.45, 7) is 4.74. The lowest BCUT2D eigenvalue weighted by Gasteiger charge is -2.33. The van der Waals surface area contributed by atoms with Crippen molar-refractivity contribution in [3.63, 3.8) is 0 Å². The van der Waals surface area contributed by atoms with Gasteiger partial charge in [-0.1, -0.05) is 19.3 Å². The van der Waals surface area contributed by atoms with E-state index in [9.17, 15) is 4.79 Å². The van der Waals surface area contributed by atoms with Gasteiger partial charge in [-0.05, 0) is 54.9 Å². The zero-order valence-electron chi connectivity index (χ0n) is 18.3. The maximum Gasteiger partial charge on any atom is 0.264 e. The number of carbonyl (C=O) groups excluding carboxylic acids is 1. The summed E-state index contributed by atoms with van der Waals surface area (Å²) in [5.74, 6) is 1.05. The van der Waals surface area contributed by atoms with Gasteiger partial charge < -0.3 is 9.80 Å². The number of nitrogens with zero attached hydrogens (tertiary/aromatic N) is 5. The third-order valence-electron chi connectivity index (χ3n) is 7.07. The molecule has 0 radical (unpaired) electrons. The molecule has 3 aromatic heterocycles. The van der Waals surface area contributed by atoms with Gasteiger partial charge in [-0.3, -0.25) is 9.78 Å². The second-order valence-corrected chi connectivity index (χ2v) is 10.2.